The molecule has 1 amide bonds. The zero-order valence-corrected chi connectivity index (χ0v) is 15.4. The summed E-state index contributed by atoms with van der Waals surface area (Å²) in [6, 6.07) is 12.7. The number of nitrogens with zero attached hydrogens (tertiary/aromatic N) is 4. The molecule has 0 unspecified atom stereocenters. The number of anilines is 1. The van der Waals surface area contributed by atoms with Crippen molar-refractivity contribution in [2.24, 2.45) is 0 Å². The largest absolute Gasteiger partial charge is 0.448 e. The molecule has 2 heterocycles. The van der Waals surface area contributed by atoms with E-state index >= 15 is 0 Å². The first kappa shape index (κ1) is 18.3. The first-order chi connectivity index (χ1) is 13.0. The van der Waals surface area contributed by atoms with E-state index in [2.05, 4.69) is 15.5 Å². The smallest absolute Gasteiger partial charge is 0.361 e. The molecule has 1 atom stereocenters. The Morgan fingerprint density at radius 1 is 1.26 bits per heavy atom. The first-order valence-corrected chi connectivity index (χ1v) is 8.86. The molecular formula is C18H15N5O3S. The molecule has 9 heteroatoms. The number of carbonyl (C=O) groups excluding carboxylic acids is 2. The van der Waals surface area contributed by atoms with Gasteiger partial charge in [0.25, 0.3) is 5.91 Å². The van der Waals surface area contributed by atoms with E-state index in [1.54, 1.807) is 30.5 Å². The number of aromatic nitrogens is 3. The molecule has 1 aromatic carbocycles. The number of rotatable bonds is 5. The van der Waals surface area contributed by atoms with Crippen LogP contribution >= 0.6 is 11.3 Å². The summed E-state index contributed by atoms with van der Waals surface area (Å²) in [6.07, 6.45) is -1.06. The predicted octanol–water partition coefficient (Wildman–Crippen LogP) is 2.69. The summed E-state index contributed by atoms with van der Waals surface area (Å²) >= 11 is 1.22. The van der Waals surface area contributed by atoms with Gasteiger partial charge in [0.05, 0.1) is 16.9 Å². The number of ether oxygens (including phenoxy) is 1. The summed E-state index contributed by atoms with van der Waals surface area (Å²) in [5.41, 5.74) is 1.48. The Balaban J connectivity index is 1.69. The molecule has 0 saturated heterocycles. The molecule has 0 aliphatic rings. The van der Waals surface area contributed by atoms with Gasteiger partial charge in [-0.05, 0) is 37.4 Å². The minimum Gasteiger partial charge on any atom is -0.448 e. The van der Waals surface area contributed by atoms with Gasteiger partial charge < -0.3 is 10.1 Å². The van der Waals surface area contributed by atoms with Gasteiger partial charge in [0.1, 0.15) is 11.1 Å². The Morgan fingerprint density at radius 2 is 2.00 bits per heavy atom. The highest BCUT2D eigenvalue weighted by atomic mass is 32.1. The highest BCUT2D eigenvalue weighted by Gasteiger charge is 2.24. The number of nitrogens with one attached hydrogen (secondary N) is 1. The van der Waals surface area contributed by atoms with E-state index in [0.29, 0.717) is 21.9 Å². The summed E-state index contributed by atoms with van der Waals surface area (Å²) in [5.74, 6) is -1.28. The zero-order chi connectivity index (χ0) is 19.4. The van der Waals surface area contributed by atoms with Crippen LogP contribution in [0.4, 0.5) is 5.00 Å². The topological polar surface area (TPSA) is 110 Å². The number of benzene rings is 1. The average molecular weight is 381 g/mol. The minimum absolute atomic E-state index is 0.0346. The second-order valence-corrected chi connectivity index (χ2v) is 6.49. The van der Waals surface area contributed by atoms with Crippen LogP contribution in [0.1, 0.15) is 28.7 Å². The number of nitriles is 1. The van der Waals surface area contributed by atoms with Crippen LogP contribution in [-0.2, 0) is 9.53 Å². The molecule has 0 spiro atoms. The van der Waals surface area contributed by atoms with Crippen LogP contribution in [0.25, 0.3) is 5.69 Å². The summed E-state index contributed by atoms with van der Waals surface area (Å²) in [6.45, 7) is 3.09. The predicted molar refractivity (Wildman–Crippen MR) is 98.6 cm³/mol. The Labute approximate surface area is 159 Å². The van der Waals surface area contributed by atoms with Crippen LogP contribution in [0.3, 0.4) is 0 Å². The number of hydrogen-bond acceptors (Lipinski definition) is 7. The first-order valence-electron chi connectivity index (χ1n) is 7.98. The van der Waals surface area contributed by atoms with Gasteiger partial charge in [-0.3, -0.25) is 4.79 Å². The Hall–Kier alpha value is -3.51. The van der Waals surface area contributed by atoms with Crippen molar-refractivity contribution in [2.45, 2.75) is 20.0 Å². The molecule has 8 nitrogen and oxygen atoms in total. The van der Waals surface area contributed by atoms with Crippen molar-refractivity contribution in [2.75, 3.05) is 5.32 Å². The lowest BCUT2D eigenvalue weighted by atomic mass is 10.3. The van der Waals surface area contributed by atoms with Gasteiger partial charge in [0.2, 0.25) is 0 Å². The van der Waals surface area contributed by atoms with E-state index in [4.69, 9.17) is 10.00 Å². The van der Waals surface area contributed by atoms with Crippen molar-refractivity contribution >= 4 is 28.2 Å². The standard InChI is InChI=1S/C18H15N5O3S/c1-11-15(22-23(21-11)14-6-4-3-5-7-14)18(25)26-12(2)16(24)20-17-13(10-19)8-9-27-17/h3-9,12H,1-2H3,(H,20,24)/t12-/m1/s1. The van der Waals surface area contributed by atoms with Gasteiger partial charge in [-0.25, -0.2) is 4.79 Å². The molecule has 0 fully saturated rings. The van der Waals surface area contributed by atoms with E-state index in [0.717, 1.165) is 0 Å². The molecule has 0 saturated carbocycles. The minimum atomic E-state index is -1.06. The maximum absolute atomic E-state index is 12.4. The van der Waals surface area contributed by atoms with E-state index in [9.17, 15) is 9.59 Å². The van der Waals surface area contributed by atoms with Gasteiger partial charge in [-0.15, -0.1) is 16.4 Å². The summed E-state index contributed by atoms with van der Waals surface area (Å²) in [7, 11) is 0. The molecule has 3 aromatic rings. The fraction of sp³-hybridized carbons (Fsp3) is 0.167. The number of aryl methyl sites for hydroxylation is 1. The molecule has 0 aliphatic heterocycles. The lowest BCUT2D eigenvalue weighted by Gasteiger charge is -2.12. The summed E-state index contributed by atoms with van der Waals surface area (Å²) in [5, 5.41) is 22.0. The zero-order valence-electron chi connectivity index (χ0n) is 14.5. The van der Waals surface area contributed by atoms with Crippen molar-refractivity contribution < 1.29 is 14.3 Å². The van der Waals surface area contributed by atoms with Crippen LogP contribution in [0, 0.1) is 18.3 Å². The third-order valence-electron chi connectivity index (χ3n) is 3.64. The highest BCUT2D eigenvalue weighted by Crippen LogP contribution is 2.22. The average Bonchev–Trinajstić information content (AvgIpc) is 3.28. The molecular weight excluding hydrogens is 366 g/mol. The van der Waals surface area contributed by atoms with Crippen molar-refractivity contribution in [3.8, 4) is 11.8 Å². The molecule has 0 bridgehead atoms. The molecule has 1 N–H and O–H groups in total. The van der Waals surface area contributed by atoms with Gasteiger partial charge in [0.15, 0.2) is 11.8 Å². The van der Waals surface area contributed by atoms with Crippen molar-refractivity contribution in [1.82, 2.24) is 15.0 Å². The monoisotopic (exact) mass is 381 g/mol. The Bertz CT molecular complexity index is 1020. The van der Waals surface area contributed by atoms with Gasteiger partial charge >= 0.3 is 5.97 Å². The van der Waals surface area contributed by atoms with E-state index in [-0.39, 0.29) is 5.69 Å². The molecule has 0 aliphatic carbocycles. The van der Waals surface area contributed by atoms with Gasteiger partial charge in [-0.2, -0.15) is 15.2 Å². The number of carbonyl (C=O) groups is 2. The SMILES string of the molecule is Cc1nn(-c2ccccc2)nc1C(=O)O[C@H](C)C(=O)Nc1sccc1C#N. The van der Waals surface area contributed by atoms with Gasteiger partial charge in [0, 0.05) is 0 Å². The van der Waals surface area contributed by atoms with Crippen LogP contribution < -0.4 is 5.32 Å². The second-order valence-electron chi connectivity index (χ2n) is 5.57. The van der Waals surface area contributed by atoms with Crippen LogP contribution in [-0.4, -0.2) is 33.0 Å². The van der Waals surface area contributed by atoms with Crippen LogP contribution in [0.5, 0.6) is 0 Å². The van der Waals surface area contributed by atoms with Crippen molar-refractivity contribution in [1.29, 1.82) is 5.26 Å². The number of amides is 1. The van der Waals surface area contributed by atoms with Crippen LogP contribution in [0.15, 0.2) is 41.8 Å². The molecule has 27 heavy (non-hydrogen) atoms. The second kappa shape index (κ2) is 7.80. The number of para-hydroxylation sites is 1. The van der Waals surface area contributed by atoms with E-state index in [1.165, 1.54) is 23.1 Å². The fourth-order valence-electron chi connectivity index (χ4n) is 2.22. The Kier molecular flexibility index (Phi) is 5.28. The third kappa shape index (κ3) is 4.02. The van der Waals surface area contributed by atoms with Crippen molar-refractivity contribution in [3.05, 3.63) is 58.7 Å². The maximum atomic E-state index is 12.4. The van der Waals surface area contributed by atoms with E-state index < -0.39 is 18.0 Å². The Morgan fingerprint density at radius 3 is 2.70 bits per heavy atom. The van der Waals surface area contributed by atoms with Gasteiger partial charge in [-0.1, -0.05) is 18.2 Å². The van der Waals surface area contributed by atoms with Crippen LogP contribution in [0.2, 0.25) is 0 Å². The normalized spacial score (nSPS) is 11.4. The molecule has 0 radical (unpaired) electrons. The highest BCUT2D eigenvalue weighted by molar-refractivity contribution is 7.14. The fourth-order valence-corrected chi connectivity index (χ4v) is 2.96. The maximum Gasteiger partial charge on any atom is 0.361 e. The molecule has 136 valence electrons. The summed E-state index contributed by atoms with van der Waals surface area (Å²) in [4.78, 5) is 25.9. The van der Waals surface area contributed by atoms with Crippen molar-refractivity contribution in [3.63, 3.8) is 0 Å². The molecule has 2 aromatic heterocycles. The lowest BCUT2D eigenvalue weighted by molar-refractivity contribution is -0.123. The molecule has 3 rings (SSSR count). The number of thiophene rings is 1. The lowest BCUT2D eigenvalue weighted by Crippen LogP contribution is -2.30. The number of hydrogen-bond donors (Lipinski definition) is 1. The number of esters is 1. The third-order valence-corrected chi connectivity index (χ3v) is 4.47. The quantitative estimate of drug-likeness (QED) is 0.681. The summed E-state index contributed by atoms with van der Waals surface area (Å²) < 4.78 is 5.21. The van der Waals surface area contributed by atoms with E-state index in [1.807, 2.05) is 24.3 Å².